The third kappa shape index (κ3) is 6.17. The number of halogens is 1. The van der Waals surface area contributed by atoms with Crippen LogP contribution >= 0.6 is 0 Å². The highest BCUT2D eigenvalue weighted by Crippen LogP contribution is 2.36. The normalized spacial score (nSPS) is 14.7. The fourth-order valence-electron chi connectivity index (χ4n) is 4.05. The van der Waals surface area contributed by atoms with Crippen LogP contribution in [0.5, 0.6) is 11.5 Å². The summed E-state index contributed by atoms with van der Waals surface area (Å²) in [5, 5.41) is 9.33. The minimum absolute atomic E-state index is 0.0990. The molecule has 2 aromatic carbocycles. The van der Waals surface area contributed by atoms with E-state index in [0.29, 0.717) is 67.5 Å². The summed E-state index contributed by atoms with van der Waals surface area (Å²) in [5.74, 6) is 1.94. The number of piperidine rings is 1. The standard InChI is InChI=1S/C24H30FN7O4S/c1-26-22-29-23(31-24(30-22)28-21-19(35-2)5-4-6-20(21)36-3)27-15-16-11-13-32(14-12-16)37(33,34)18-9-7-17(25)8-10-18/h4-10,16H,11-15H2,1-3H3,(H3,26,27,28,29,30,31). The van der Waals surface area contributed by atoms with E-state index in [4.69, 9.17) is 9.47 Å². The molecule has 1 aliphatic rings. The number of methoxy groups -OCH3 is 2. The maximum atomic E-state index is 13.2. The van der Waals surface area contributed by atoms with Crippen molar-refractivity contribution in [1.82, 2.24) is 19.3 Å². The van der Waals surface area contributed by atoms with Gasteiger partial charge < -0.3 is 25.4 Å². The van der Waals surface area contributed by atoms with Gasteiger partial charge in [-0.1, -0.05) is 6.07 Å². The molecule has 37 heavy (non-hydrogen) atoms. The summed E-state index contributed by atoms with van der Waals surface area (Å²) in [7, 11) is 1.19. The molecule has 0 unspecified atom stereocenters. The first-order valence-corrected chi connectivity index (χ1v) is 13.2. The van der Waals surface area contributed by atoms with Gasteiger partial charge in [-0.25, -0.2) is 12.8 Å². The van der Waals surface area contributed by atoms with Crippen molar-refractivity contribution in [2.24, 2.45) is 5.92 Å². The monoisotopic (exact) mass is 531 g/mol. The third-order valence-electron chi connectivity index (χ3n) is 6.10. The van der Waals surface area contributed by atoms with Crippen LogP contribution in [0.1, 0.15) is 12.8 Å². The molecule has 1 saturated heterocycles. The van der Waals surface area contributed by atoms with Gasteiger partial charge in [-0.15, -0.1) is 0 Å². The predicted octanol–water partition coefficient (Wildman–Crippen LogP) is 3.33. The van der Waals surface area contributed by atoms with Gasteiger partial charge in [-0.3, -0.25) is 0 Å². The van der Waals surface area contributed by atoms with Crippen LogP contribution in [0.15, 0.2) is 47.4 Å². The van der Waals surface area contributed by atoms with Gasteiger partial charge in [-0.2, -0.15) is 19.3 Å². The fourth-order valence-corrected chi connectivity index (χ4v) is 5.52. The molecule has 0 spiro atoms. The topological polar surface area (TPSA) is 131 Å². The third-order valence-corrected chi connectivity index (χ3v) is 8.01. The van der Waals surface area contributed by atoms with Crippen molar-refractivity contribution in [3.63, 3.8) is 0 Å². The van der Waals surface area contributed by atoms with Gasteiger partial charge in [0, 0.05) is 26.7 Å². The first-order valence-electron chi connectivity index (χ1n) is 11.8. The highest BCUT2D eigenvalue weighted by atomic mass is 32.2. The minimum Gasteiger partial charge on any atom is -0.494 e. The van der Waals surface area contributed by atoms with Crippen LogP contribution in [-0.2, 0) is 10.0 Å². The second-order valence-corrected chi connectivity index (χ2v) is 10.3. The highest BCUT2D eigenvalue weighted by molar-refractivity contribution is 7.89. The van der Waals surface area contributed by atoms with E-state index in [1.807, 2.05) is 6.07 Å². The lowest BCUT2D eigenvalue weighted by Gasteiger charge is -2.31. The van der Waals surface area contributed by atoms with Crippen LogP contribution in [0.25, 0.3) is 0 Å². The summed E-state index contributed by atoms with van der Waals surface area (Å²) in [6.45, 7) is 1.33. The molecule has 1 aromatic heterocycles. The molecule has 0 aliphatic carbocycles. The molecule has 3 aromatic rings. The summed E-state index contributed by atoms with van der Waals surface area (Å²) in [6, 6.07) is 10.3. The molecule has 0 atom stereocenters. The Hall–Kier alpha value is -3.71. The summed E-state index contributed by atoms with van der Waals surface area (Å²) in [6.07, 6.45) is 1.34. The molecule has 0 radical (unpaired) electrons. The van der Waals surface area contributed by atoms with Crippen molar-refractivity contribution in [2.75, 3.05) is 56.9 Å². The van der Waals surface area contributed by atoms with Crippen molar-refractivity contribution in [2.45, 2.75) is 17.7 Å². The fraction of sp³-hybridized carbons (Fsp3) is 0.375. The molecule has 11 nitrogen and oxygen atoms in total. The van der Waals surface area contributed by atoms with E-state index in [0.717, 1.165) is 12.1 Å². The molecule has 2 heterocycles. The lowest BCUT2D eigenvalue weighted by molar-refractivity contribution is 0.282. The lowest BCUT2D eigenvalue weighted by atomic mass is 9.98. The van der Waals surface area contributed by atoms with Crippen LogP contribution in [0, 0.1) is 11.7 Å². The van der Waals surface area contributed by atoms with Crippen molar-refractivity contribution in [1.29, 1.82) is 0 Å². The Morgan fingerprint density at radius 1 is 0.946 bits per heavy atom. The molecule has 1 fully saturated rings. The van der Waals surface area contributed by atoms with E-state index in [9.17, 15) is 12.8 Å². The molecule has 3 N–H and O–H groups in total. The van der Waals surface area contributed by atoms with Crippen LogP contribution in [0.4, 0.5) is 27.9 Å². The number of benzene rings is 2. The SMILES string of the molecule is CNc1nc(NCC2CCN(S(=O)(=O)c3ccc(F)cc3)CC2)nc(Nc2c(OC)cccc2OC)n1. The molecular formula is C24H30FN7O4S. The van der Waals surface area contributed by atoms with Crippen molar-refractivity contribution in [3.05, 3.63) is 48.3 Å². The second-order valence-electron chi connectivity index (χ2n) is 8.40. The largest absolute Gasteiger partial charge is 0.494 e. The van der Waals surface area contributed by atoms with E-state index in [-0.39, 0.29) is 10.8 Å². The highest BCUT2D eigenvalue weighted by Gasteiger charge is 2.29. The Balaban J connectivity index is 1.40. The van der Waals surface area contributed by atoms with Gasteiger partial charge in [0.25, 0.3) is 0 Å². The van der Waals surface area contributed by atoms with Crippen LogP contribution in [0.3, 0.4) is 0 Å². The zero-order chi connectivity index (χ0) is 26.4. The van der Waals surface area contributed by atoms with E-state index in [2.05, 4.69) is 30.9 Å². The molecule has 0 bridgehead atoms. The summed E-state index contributed by atoms with van der Waals surface area (Å²) in [5.41, 5.74) is 0.585. The van der Waals surface area contributed by atoms with Crippen molar-refractivity contribution >= 4 is 33.6 Å². The maximum Gasteiger partial charge on any atom is 0.243 e. The van der Waals surface area contributed by atoms with E-state index >= 15 is 0 Å². The summed E-state index contributed by atoms with van der Waals surface area (Å²) >= 11 is 0. The number of aromatic nitrogens is 3. The van der Waals surface area contributed by atoms with Gasteiger partial charge in [0.1, 0.15) is 23.0 Å². The number of sulfonamides is 1. The van der Waals surface area contributed by atoms with E-state index in [1.165, 1.54) is 16.4 Å². The molecule has 0 amide bonds. The number of nitrogens with one attached hydrogen (secondary N) is 3. The van der Waals surface area contributed by atoms with E-state index in [1.54, 1.807) is 33.4 Å². The molecule has 13 heteroatoms. The molecular weight excluding hydrogens is 501 g/mol. The second kappa shape index (κ2) is 11.6. The summed E-state index contributed by atoms with van der Waals surface area (Å²) in [4.78, 5) is 13.3. The van der Waals surface area contributed by atoms with Crippen molar-refractivity contribution < 1.29 is 22.3 Å². The van der Waals surface area contributed by atoms with Crippen molar-refractivity contribution in [3.8, 4) is 11.5 Å². The predicted molar refractivity (Wildman–Crippen MR) is 139 cm³/mol. The first kappa shape index (κ1) is 26.4. The zero-order valence-corrected chi connectivity index (χ0v) is 21.7. The number of hydrogen-bond donors (Lipinski definition) is 3. The van der Waals surface area contributed by atoms with Gasteiger partial charge in [0.15, 0.2) is 0 Å². The van der Waals surface area contributed by atoms with Gasteiger partial charge in [0.05, 0.1) is 19.1 Å². The molecule has 198 valence electrons. The smallest absolute Gasteiger partial charge is 0.243 e. The molecule has 4 rings (SSSR count). The summed E-state index contributed by atoms with van der Waals surface area (Å²) < 4.78 is 51.2. The van der Waals surface area contributed by atoms with Crippen LogP contribution < -0.4 is 25.4 Å². The minimum atomic E-state index is -3.65. The average Bonchev–Trinajstić information content (AvgIpc) is 2.92. The van der Waals surface area contributed by atoms with Crippen LogP contribution in [-0.4, -0.2) is 68.6 Å². The Morgan fingerprint density at radius 2 is 1.54 bits per heavy atom. The first-order chi connectivity index (χ1) is 17.8. The Kier molecular flexibility index (Phi) is 8.24. The Labute approximate surface area is 215 Å². The maximum absolute atomic E-state index is 13.2. The zero-order valence-electron chi connectivity index (χ0n) is 20.9. The Bertz CT molecular complexity index is 1290. The number of para-hydroxylation sites is 1. The quantitative estimate of drug-likeness (QED) is 0.358. The molecule has 0 saturated carbocycles. The number of hydrogen-bond acceptors (Lipinski definition) is 10. The number of anilines is 4. The average molecular weight is 532 g/mol. The van der Waals surface area contributed by atoms with Gasteiger partial charge in [-0.05, 0) is 55.2 Å². The van der Waals surface area contributed by atoms with Gasteiger partial charge in [0.2, 0.25) is 27.9 Å². The molecule has 1 aliphatic heterocycles. The Morgan fingerprint density at radius 3 is 2.14 bits per heavy atom. The number of ether oxygens (including phenoxy) is 2. The van der Waals surface area contributed by atoms with Gasteiger partial charge >= 0.3 is 0 Å². The van der Waals surface area contributed by atoms with E-state index < -0.39 is 15.8 Å². The van der Waals surface area contributed by atoms with Crippen LogP contribution in [0.2, 0.25) is 0 Å². The number of nitrogens with zero attached hydrogens (tertiary/aromatic N) is 4. The lowest BCUT2D eigenvalue weighted by Crippen LogP contribution is -2.39. The number of rotatable bonds is 10.